The molecular formula is C16H15Cl2NO4S. The summed E-state index contributed by atoms with van der Waals surface area (Å²) >= 11 is 13.3. The molecular weight excluding hydrogens is 373 g/mol. The number of carbonyl (C=O) groups is 2. The number of hydrogen-bond donors (Lipinski definition) is 1. The largest absolute Gasteiger partial charge is 0.465 e. The van der Waals surface area contributed by atoms with E-state index >= 15 is 0 Å². The zero-order valence-corrected chi connectivity index (χ0v) is 15.3. The highest BCUT2D eigenvalue weighted by molar-refractivity contribution is 7.99. The van der Waals surface area contributed by atoms with E-state index in [-0.39, 0.29) is 11.7 Å². The summed E-state index contributed by atoms with van der Waals surface area (Å²) in [5.41, 5.74) is 0.786. The van der Waals surface area contributed by atoms with Crippen LogP contribution in [-0.4, -0.2) is 24.7 Å². The minimum Gasteiger partial charge on any atom is -0.465 e. The van der Waals surface area contributed by atoms with Crippen LogP contribution in [0, 0.1) is 6.92 Å². The average Bonchev–Trinajstić information content (AvgIpc) is 2.91. The standard InChI is InChI=1S/C16H15Cl2NO4S/c1-9-11(16(21)22-2)6-10(23-9)7-24-8-14(20)19-15-12(17)4-3-5-13(15)18/h3-6H,7-8H2,1-2H3,(H,19,20). The van der Waals surface area contributed by atoms with Gasteiger partial charge in [0.15, 0.2) is 0 Å². The number of aryl methyl sites for hydroxylation is 1. The molecule has 8 heteroatoms. The van der Waals surface area contributed by atoms with Crippen molar-refractivity contribution in [3.63, 3.8) is 0 Å². The summed E-state index contributed by atoms with van der Waals surface area (Å²) in [7, 11) is 1.31. The maximum Gasteiger partial charge on any atom is 0.341 e. The van der Waals surface area contributed by atoms with Crippen molar-refractivity contribution in [3.8, 4) is 0 Å². The molecule has 0 unspecified atom stereocenters. The Balaban J connectivity index is 1.88. The van der Waals surface area contributed by atoms with Gasteiger partial charge in [-0.15, -0.1) is 11.8 Å². The van der Waals surface area contributed by atoms with E-state index in [0.29, 0.717) is 38.6 Å². The number of nitrogens with one attached hydrogen (secondary N) is 1. The summed E-state index contributed by atoms with van der Waals surface area (Å²) in [6, 6.07) is 6.62. The first kappa shape index (κ1) is 18.7. The number of hydrogen-bond acceptors (Lipinski definition) is 5. The lowest BCUT2D eigenvalue weighted by Gasteiger charge is -2.08. The van der Waals surface area contributed by atoms with Crippen molar-refractivity contribution in [3.05, 3.63) is 51.4 Å². The fourth-order valence-corrected chi connectivity index (χ4v) is 3.16. The summed E-state index contributed by atoms with van der Waals surface area (Å²) in [6.07, 6.45) is 0. The van der Waals surface area contributed by atoms with Crippen molar-refractivity contribution < 1.29 is 18.7 Å². The molecule has 0 fully saturated rings. The van der Waals surface area contributed by atoms with E-state index in [1.54, 1.807) is 31.2 Å². The quantitative estimate of drug-likeness (QED) is 0.736. The van der Waals surface area contributed by atoms with E-state index in [4.69, 9.17) is 27.6 Å². The monoisotopic (exact) mass is 387 g/mol. The van der Waals surface area contributed by atoms with Crippen LogP contribution in [0.25, 0.3) is 0 Å². The van der Waals surface area contributed by atoms with Gasteiger partial charge >= 0.3 is 5.97 Å². The Labute approximate surface area is 153 Å². The molecule has 2 aromatic rings. The number of carbonyl (C=O) groups excluding carboxylic acids is 2. The first-order valence-electron chi connectivity index (χ1n) is 6.91. The molecule has 0 aliphatic rings. The topological polar surface area (TPSA) is 68.5 Å². The Hall–Kier alpha value is -1.63. The van der Waals surface area contributed by atoms with Crippen LogP contribution in [0.2, 0.25) is 10.0 Å². The van der Waals surface area contributed by atoms with Crippen LogP contribution in [0.1, 0.15) is 21.9 Å². The first-order valence-corrected chi connectivity index (χ1v) is 8.82. The number of anilines is 1. The minimum atomic E-state index is -0.446. The van der Waals surface area contributed by atoms with Crippen LogP contribution in [0.4, 0.5) is 5.69 Å². The van der Waals surface area contributed by atoms with Crippen molar-refractivity contribution in [1.29, 1.82) is 0 Å². The molecule has 24 heavy (non-hydrogen) atoms. The summed E-state index contributed by atoms with van der Waals surface area (Å²) in [6.45, 7) is 1.69. The highest BCUT2D eigenvalue weighted by atomic mass is 35.5. The number of furan rings is 1. The fraction of sp³-hybridized carbons (Fsp3) is 0.250. The Morgan fingerprint density at radius 3 is 2.58 bits per heavy atom. The lowest BCUT2D eigenvalue weighted by Crippen LogP contribution is -2.14. The molecule has 0 radical (unpaired) electrons. The highest BCUT2D eigenvalue weighted by Gasteiger charge is 2.16. The minimum absolute atomic E-state index is 0.189. The van der Waals surface area contributed by atoms with Gasteiger partial charge in [0.1, 0.15) is 17.1 Å². The van der Waals surface area contributed by atoms with Crippen LogP contribution < -0.4 is 5.32 Å². The SMILES string of the molecule is COC(=O)c1cc(CSCC(=O)Nc2c(Cl)cccc2Cl)oc1C. The molecule has 1 aromatic heterocycles. The molecule has 0 bridgehead atoms. The smallest absolute Gasteiger partial charge is 0.341 e. The third-order valence-corrected chi connectivity index (χ3v) is 4.66. The Morgan fingerprint density at radius 1 is 1.29 bits per heavy atom. The van der Waals surface area contributed by atoms with Crippen molar-refractivity contribution in [1.82, 2.24) is 0 Å². The van der Waals surface area contributed by atoms with Crippen LogP contribution in [0.15, 0.2) is 28.7 Å². The first-order chi connectivity index (χ1) is 11.4. The molecule has 0 spiro atoms. The van der Waals surface area contributed by atoms with Gasteiger partial charge in [-0.2, -0.15) is 0 Å². The summed E-state index contributed by atoms with van der Waals surface area (Å²) in [4.78, 5) is 23.5. The number of ether oxygens (including phenoxy) is 1. The Morgan fingerprint density at radius 2 is 1.96 bits per heavy atom. The maximum atomic E-state index is 12.0. The Kier molecular flexibility index (Phi) is 6.60. The number of esters is 1. The van der Waals surface area contributed by atoms with Crippen molar-refractivity contribution in [2.45, 2.75) is 12.7 Å². The van der Waals surface area contributed by atoms with E-state index in [9.17, 15) is 9.59 Å². The van der Waals surface area contributed by atoms with E-state index in [1.165, 1.54) is 18.9 Å². The number of methoxy groups -OCH3 is 1. The molecule has 2 rings (SSSR count). The van der Waals surface area contributed by atoms with E-state index in [0.717, 1.165) is 0 Å². The number of halogens is 2. The third kappa shape index (κ3) is 4.69. The normalized spacial score (nSPS) is 10.5. The molecule has 1 amide bonds. The van der Waals surface area contributed by atoms with Crippen molar-refractivity contribution in [2.75, 3.05) is 18.2 Å². The number of rotatable bonds is 6. The molecule has 0 saturated carbocycles. The van der Waals surface area contributed by atoms with E-state index in [1.807, 2.05) is 0 Å². The number of para-hydroxylation sites is 1. The van der Waals surface area contributed by atoms with Gasteiger partial charge in [0, 0.05) is 0 Å². The van der Waals surface area contributed by atoms with Gasteiger partial charge in [-0.3, -0.25) is 4.79 Å². The van der Waals surface area contributed by atoms with Crippen molar-refractivity contribution in [2.24, 2.45) is 0 Å². The number of amides is 1. The van der Waals surface area contributed by atoms with Gasteiger partial charge in [0.05, 0.1) is 34.3 Å². The number of benzene rings is 1. The van der Waals surface area contributed by atoms with Crippen molar-refractivity contribution >= 4 is 52.5 Å². The average molecular weight is 388 g/mol. The van der Waals surface area contributed by atoms with Gasteiger partial charge in [-0.1, -0.05) is 29.3 Å². The molecule has 0 aliphatic carbocycles. The van der Waals surface area contributed by atoms with Crippen LogP contribution in [0.5, 0.6) is 0 Å². The zero-order chi connectivity index (χ0) is 17.7. The summed E-state index contributed by atoms with van der Waals surface area (Å²) in [5, 5.41) is 3.44. The third-order valence-electron chi connectivity index (χ3n) is 3.08. The van der Waals surface area contributed by atoms with Crippen LogP contribution in [0.3, 0.4) is 0 Å². The molecule has 1 aromatic carbocycles. The highest BCUT2D eigenvalue weighted by Crippen LogP contribution is 2.30. The molecule has 5 nitrogen and oxygen atoms in total. The van der Waals surface area contributed by atoms with E-state index in [2.05, 4.69) is 10.1 Å². The molecule has 0 atom stereocenters. The second-order valence-corrected chi connectivity index (χ2v) is 6.61. The zero-order valence-electron chi connectivity index (χ0n) is 13.0. The van der Waals surface area contributed by atoms with Gasteiger partial charge in [-0.25, -0.2) is 4.79 Å². The van der Waals surface area contributed by atoms with Gasteiger partial charge in [-0.05, 0) is 25.1 Å². The van der Waals surface area contributed by atoms with Gasteiger partial charge in [0.2, 0.25) is 5.91 Å². The summed E-state index contributed by atoms with van der Waals surface area (Å²) < 4.78 is 10.1. The Bertz CT molecular complexity index is 740. The van der Waals surface area contributed by atoms with Crippen LogP contribution in [-0.2, 0) is 15.3 Å². The summed E-state index contributed by atoms with van der Waals surface area (Å²) in [5.74, 6) is 1.05. The molecule has 1 heterocycles. The van der Waals surface area contributed by atoms with Gasteiger partial charge < -0.3 is 14.5 Å². The van der Waals surface area contributed by atoms with E-state index < -0.39 is 5.97 Å². The van der Waals surface area contributed by atoms with Gasteiger partial charge in [0.25, 0.3) is 0 Å². The predicted octanol–water partition coefficient (Wildman–Crippen LogP) is 4.55. The second-order valence-electron chi connectivity index (χ2n) is 4.81. The van der Waals surface area contributed by atoms with Crippen LogP contribution >= 0.6 is 35.0 Å². The molecule has 0 aliphatic heterocycles. The lowest BCUT2D eigenvalue weighted by atomic mass is 10.2. The number of thioether (sulfide) groups is 1. The fourth-order valence-electron chi connectivity index (χ4n) is 1.96. The molecule has 0 saturated heterocycles. The lowest BCUT2D eigenvalue weighted by molar-refractivity contribution is -0.113. The molecule has 128 valence electrons. The predicted molar refractivity (Wildman–Crippen MR) is 96.0 cm³/mol. The molecule has 1 N–H and O–H groups in total. The second kappa shape index (κ2) is 8.46. The maximum absolute atomic E-state index is 12.0.